The summed E-state index contributed by atoms with van der Waals surface area (Å²) in [7, 11) is 0. The highest BCUT2D eigenvalue weighted by Crippen LogP contribution is 2.51. The first-order valence-electron chi connectivity index (χ1n) is 6.69. The standard InChI is InChI=1S/C15H19NO2/c17-14(18)13-10-16(11-15(13)7-4-8-15)9-12-5-2-1-3-6-12/h1-3,5-6,13H,4,7-11H2,(H,17,18)/t13-/m1/s1. The van der Waals surface area contributed by atoms with Crippen molar-refractivity contribution < 1.29 is 9.90 Å². The second-order valence-electron chi connectivity index (χ2n) is 5.76. The van der Waals surface area contributed by atoms with Gasteiger partial charge in [0.15, 0.2) is 0 Å². The topological polar surface area (TPSA) is 40.5 Å². The summed E-state index contributed by atoms with van der Waals surface area (Å²) in [4.78, 5) is 13.7. The normalized spacial score (nSPS) is 26.1. The molecule has 1 aromatic rings. The second kappa shape index (κ2) is 4.39. The van der Waals surface area contributed by atoms with Gasteiger partial charge in [0.1, 0.15) is 0 Å². The van der Waals surface area contributed by atoms with Gasteiger partial charge >= 0.3 is 5.97 Å². The molecule has 3 heteroatoms. The summed E-state index contributed by atoms with van der Waals surface area (Å²) >= 11 is 0. The van der Waals surface area contributed by atoms with Crippen molar-refractivity contribution in [2.45, 2.75) is 25.8 Å². The Labute approximate surface area is 107 Å². The van der Waals surface area contributed by atoms with Gasteiger partial charge in [-0.2, -0.15) is 0 Å². The number of hydrogen-bond acceptors (Lipinski definition) is 2. The summed E-state index contributed by atoms with van der Waals surface area (Å²) in [5.74, 6) is -0.764. The molecule has 0 bridgehead atoms. The van der Waals surface area contributed by atoms with Gasteiger partial charge in [-0.15, -0.1) is 0 Å². The van der Waals surface area contributed by atoms with Gasteiger partial charge in [0.2, 0.25) is 0 Å². The van der Waals surface area contributed by atoms with Gasteiger partial charge in [-0.25, -0.2) is 0 Å². The van der Waals surface area contributed by atoms with Crippen LogP contribution in [0.3, 0.4) is 0 Å². The van der Waals surface area contributed by atoms with E-state index in [0.29, 0.717) is 6.54 Å². The van der Waals surface area contributed by atoms with Crippen LogP contribution in [0.4, 0.5) is 0 Å². The van der Waals surface area contributed by atoms with Gasteiger partial charge < -0.3 is 5.11 Å². The Morgan fingerprint density at radius 3 is 2.56 bits per heavy atom. The third-order valence-electron chi connectivity index (χ3n) is 4.61. The monoisotopic (exact) mass is 245 g/mol. The molecule has 1 aliphatic heterocycles. The zero-order valence-corrected chi connectivity index (χ0v) is 10.5. The first kappa shape index (κ1) is 11.7. The van der Waals surface area contributed by atoms with Gasteiger partial charge in [-0.3, -0.25) is 9.69 Å². The number of carboxylic acids is 1. The summed E-state index contributed by atoms with van der Waals surface area (Å²) in [6.07, 6.45) is 3.38. The molecule has 2 fully saturated rings. The minimum absolute atomic E-state index is 0.0839. The summed E-state index contributed by atoms with van der Waals surface area (Å²) in [6.45, 7) is 2.55. The molecule has 1 aliphatic carbocycles. The van der Waals surface area contributed by atoms with E-state index in [2.05, 4.69) is 17.0 Å². The number of aliphatic carboxylic acids is 1. The summed E-state index contributed by atoms with van der Waals surface area (Å²) < 4.78 is 0. The molecule has 96 valence electrons. The van der Waals surface area contributed by atoms with E-state index in [1.54, 1.807) is 0 Å². The van der Waals surface area contributed by atoms with Crippen LogP contribution in [0.15, 0.2) is 30.3 Å². The minimum Gasteiger partial charge on any atom is -0.481 e. The SMILES string of the molecule is O=C(O)[C@H]1CN(Cc2ccccc2)CC12CCC2. The minimum atomic E-state index is -0.606. The number of likely N-dealkylation sites (tertiary alicyclic amines) is 1. The van der Waals surface area contributed by atoms with Crippen molar-refractivity contribution in [3.8, 4) is 0 Å². The Morgan fingerprint density at radius 2 is 2.06 bits per heavy atom. The van der Waals surface area contributed by atoms with E-state index < -0.39 is 5.97 Å². The van der Waals surface area contributed by atoms with Crippen LogP contribution >= 0.6 is 0 Å². The van der Waals surface area contributed by atoms with Gasteiger partial charge in [0, 0.05) is 19.6 Å². The molecule has 1 aromatic carbocycles. The molecule has 1 N–H and O–H groups in total. The lowest BCUT2D eigenvalue weighted by atomic mass is 9.63. The third-order valence-corrected chi connectivity index (χ3v) is 4.61. The van der Waals surface area contributed by atoms with Crippen LogP contribution in [0.5, 0.6) is 0 Å². The van der Waals surface area contributed by atoms with E-state index in [-0.39, 0.29) is 11.3 Å². The number of rotatable bonds is 3. The molecule has 0 radical (unpaired) electrons. The molecule has 1 atom stereocenters. The predicted molar refractivity (Wildman–Crippen MR) is 69.1 cm³/mol. The average Bonchev–Trinajstić information content (AvgIpc) is 2.70. The third kappa shape index (κ3) is 1.93. The molecule has 0 amide bonds. The zero-order valence-electron chi connectivity index (χ0n) is 10.5. The van der Waals surface area contributed by atoms with Crippen LogP contribution < -0.4 is 0 Å². The average molecular weight is 245 g/mol. The number of nitrogens with zero attached hydrogens (tertiary/aromatic N) is 1. The van der Waals surface area contributed by atoms with Crippen molar-refractivity contribution in [1.29, 1.82) is 0 Å². The fourth-order valence-electron chi connectivity index (χ4n) is 3.51. The number of carboxylic acid groups (broad SMARTS) is 1. The Hall–Kier alpha value is -1.35. The Balaban J connectivity index is 1.71. The van der Waals surface area contributed by atoms with Crippen LogP contribution in [0.2, 0.25) is 0 Å². The van der Waals surface area contributed by atoms with Gasteiger partial charge in [-0.05, 0) is 23.8 Å². The highest BCUT2D eigenvalue weighted by molar-refractivity contribution is 5.72. The van der Waals surface area contributed by atoms with Crippen LogP contribution in [0, 0.1) is 11.3 Å². The van der Waals surface area contributed by atoms with E-state index in [1.807, 2.05) is 18.2 Å². The summed E-state index contributed by atoms with van der Waals surface area (Å²) in [5, 5.41) is 9.37. The molecule has 3 rings (SSSR count). The molecule has 18 heavy (non-hydrogen) atoms. The van der Waals surface area contributed by atoms with E-state index in [1.165, 1.54) is 12.0 Å². The lowest BCUT2D eigenvalue weighted by Crippen LogP contribution is -2.40. The highest BCUT2D eigenvalue weighted by Gasteiger charge is 2.53. The van der Waals surface area contributed by atoms with Crippen molar-refractivity contribution in [3.63, 3.8) is 0 Å². The molecule has 0 unspecified atom stereocenters. The Morgan fingerprint density at radius 1 is 1.33 bits per heavy atom. The quantitative estimate of drug-likeness (QED) is 0.888. The molecule has 0 aromatic heterocycles. The first-order valence-corrected chi connectivity index (χ1v) is 6.69. The fraction of sp³-hybridized carbons (Fsp3) is 0.533. The zero-order chi connectivity index (χ0) is 12.6. The van der Waals surface area contributed by atoms with Crippen LogP contribution in [0.25, 0.3) is 0 Å². The molecule has 3 nitrogen and oxygen atoms in total. The molecule has 1 spiro atoms. The molecule has 1 heterocycles. The van der Waals surface area contributed by atoms with Crippen molar-refractivity contribution >= 4 is 5.97 Å². The molecular weight excluding hydrogens is 226 g/mol. The van der Waals surface area contributed by atoms with Gasteiger partial charge in [0.25, 0.3) is 0 Å². The lowest BCUT2D eigenvalue weighted by Gasteiger charge is -2.41. The first-order chi connectivity index (χ1) is 8.70. The predicted octanol–water partition coefficient (Wildman–Crippen LogP) is 2.37. The summed E-state index contributed by atoms with van der Waals surface area (Å²) in [6, 6.07) is 10.3. The van der Waals surface area contributed by atoms with Crippen LogP contribution in [-0.2, 0) is 11.3 Å². The van der Waals surface area contributed by atoms with E-state index >= 15 is 0 Å². The largest absolute Gasteiger partial charge is 0.481 e. The molecular formula is C15H19NO2. The number of carbonyl (C=O) groups is 1. The number of hydrogen-bond donors (Lipinski definition) is 1. The van der Waals surface area contributed by atoms with Crippen molar-refractivity contribution in [3.05, 3.63) is 35.9 Å². The van der Waals surface area contributed by atoms with E-state index in [9.17, 15) is 9.90 Å². The second-order valence-corrected chi connectivity index (χ2v) is 5.76. The fourth-order valence-corrected chi connectivity index (χ4v) is 3.51. The smallest absolute Gasteiger partial charge is 0.308 e. The maximum atomic E-state index is 11.4. The maximum Gasteiger partial charge on any atom is 0.308 e. The Bertz CT molecular complexity index is 439. The Kier molecular flexibility index (Phi) is 2.86. The lowest BCUT2D eigenvalue weighted by molar-refractivity contribution is -0.146. The van der Waals surface area contributed by atoms with Crippen molar-refractivity contribution in [1.82, 2.24) is 4.90 Å². The van der Waals surface area contributed by atoms with Crippen LogP contribution in [-0.4, -0.2) is 29.1 Å². The van der Waals surface area contributed by atoms with Crippen molar-refractivity contribution in [2.24, 2.45) is 11.3 Å². The van der Waals surface area contributed by atoms with Crippen molar-refractivity contribution in [2.75, 3.05) is 13.1 Å². The molecule has 1 saturated heterocycles. The highest BCUT2D eigenvalue weighted by atomic mass is 16.4. The van der Waals surface area contributed by atoms with E-state index in [0.717, 1.165) is 25.9 Å². The maximum absolute atomic E-state index is 11.4. The van der Waals surface area contributed by atoms with Gasteiger partial charge in [0.05, 0.1) is 5.92 Å². The number of benzene rings is 1. The summed E-state index contributed by atoms with van der Waals surface area (Å²) in [5.41, 5.74) is 1.36. The molecule has 2 aliphatic rings. The molecule has 1 saturated carbocycles. The van der Waals surface area contributed by atoms with E-state index in [4.69, 9.17) is 0 Å². The van der Waals surface area contributed by atoms with Crippen LogP contribution in [0.1, 0.15) is 24.8 Å². The van der Waals surface area contributed by atoms with Gasteiger partial charge in [-0.1, -0.05) is 36.8 Å².